The van der Waals surface area contributed by atoms with Gasteiger partial charge in [0.1, 0.15) is 0 Å². The highest BCUT2D eigenvalue weighted by Gasteiger charge is 2.04. The first-order valence-corrected chi connectivity index (χ1v) is 9.55. The molecular formula is C19H25N5S. The Balaban J connectivity index is 1.39. The summed E-state index contributed by atoms with van der Waals surface area (Å²) in [4.78, 5) is 12.1. The monoisotopic (exact) mass is 355 g/mol. The number of para-hydroxylation sites is 1. The lowest BCUT2D eigenvalue weighted by atomic mass is 10.1. The van der Waals surface area contributed by atoms with Gasteiger partial charge in [0.05, 0.1) is 5.01 Å². The van der Waals surface area contributed by atoms with Gasteiger partial charge in [-0.25, -0.2) is 4.98 Å². The number of fused-ring (bicyclic) bond motifs is 1. The van der Waals surface area contributed by atoms with Gasteiger partial charge in [-0.05, 0) is 31.4 Å². The van der Waals surface area contributed by atoms with Crippen LogP contribution >= 0.6 is 11.3 Å². The lowest BCUT2D eigenvalue weighted by molar-refractivity contribution is 0.736. The molecule has 3 rings (SSSR count). The molecule has 3 N–H and O–H groups in total. The van der Waals surface area contributed by atoms with E-state index in [4.69, 9.17) is 0 Å². The van der Waals surface area contributed by atoms with E-state index in [1.807, 2.05) is 14.0 Å². The Morgan fingerprint density at radius 3 is 2.84 bits per heavy atom. The maximum absolute atomic E-state index is 4.49. The number of aromatic nitrogens is 2. The van der Waals surface area contributed by atoms with Crippen LogP contribution in [0.4, 0.5) is 0 Å². The van der Waals surface area contributed by atoms with Gasteiger partial charge in [0.25, 0.3) is 0 Å². The summed E-state index contributed by atoms with van der Waals surface area (Å²) in [6.45, 7) is 3.79. The zero-order valence-corrected chi connectivity index (χ0v) is 15.6. The van der Waals surface area contributed by atoms with Gasteiger partial charge in [-0.3, -0.25) is 4.99 Å². The fourth-order valence-electron chi connectivity index (χ4n) is 2.84. The predicted octanol–water partition coefficient (Wildman–Crippen LogP) is 3.27. The second kappa shape index (κ2) is 8.67. The minimum absolute atomic E-state index is 0.854. The van der Waals surface area contributed by atoms with Gasteiger partial charge in [-0.1, -0.05) is 18.2 Å². The van der Waals surface area contributed by atoms with Gasteiger partial charge in [0.15, 0.2) is 5.96 Å². The van der Waals surface area contributed by atoms with Crippen LogP contribution in [0, 0.1) is 6.92 Å². The van der Waals surface area contributed by atoms with Crippen LogP contribution in [0.2, 0.25) is 0 Å². The number of H-pyrrole nitrogens is 1. The molecule has 0 fully saturated rings. The number of nitrogens with zero attached hydrogens (tertiary/aromatic N) is 2. The highest BCUT2D eigenvalue weighted by molar-refractivity contribution is 7.09. The number of rotatable bonds is 7. The number of aryl methyl sites for hydroxylation is 2. The van der Waals surface area contributed by atoms with Crippen LogP contribution in [0.1, 0.15) is 22.7 Å². The zero-order valence-electron chi connectivity index (χ0n) is 14.8. The average molecular weight is 356 g/mol. The molecule has 0 radical (unpaired) electrons. The minimum atomic E-state index is 0.854. The van der Waals surface area contributed by atoms with E-state index in [9.17, 15) is 0 Å². The van der Waals surface area contributed by atoms with E-state index in [1.165, 1.54) is 21.5 Å². The van der Waals surface area contributed by atoms with E-state index in [0.29, 0.717) is 0 Å². The summed E-state index contributed by atoms with van der Waals surface area (Å²) in [7, 11) is 1.81. The van der Waals surface area contributed by atoms with E-state index in [-0.39, 0.29) is 0 Å². The van der Waals surface area contributed by atoms with Crippen molar-refractivity contribution in [2.24, 2.45) is 4.99 Å². The van der Waals surface area contributed by atoms with Crippen molar-refractivity contribution in [1.82, 2.24) is 20.6 Å². The van der Waals surface area contributed by atoms with Crippen LogP contribution < -0.4 is 10.6 Å². The molecule has 6 heteroatoms. The fraction of sp³-hybridized carbons (Fsp3) is 0.368. The van der Waals surface area contributed by atoms with Crippen molar-refractivity contribution >= 4 is 28.2 Å². The van der Waals surface area contributed by atoms with Crippen molar-refractivity contribution in [2.45, 2.75) is 26.2 Å². The quantitative estimate of drug-likeness (QED) is 0.346. The predicted molar refractivity (Wildman–Crippen MR) is 107 cm³/mol. The van der Waals surface area contributed by atoms with Gasteiger partial charge in [-0.2, -0.15) is 0 Å². The van der Waals surface area contributed by atoms with Crippen LogP contribution in [-0.4, -0.2) is 36.1 Å². The molecule has 0 bridgehead atoms. The molecule has 0 saturated heterocycles. The average Bonchev–Trinajstić information content (AvgIpc) is 3.23. The molecule has 0 aliphatic rings. The number of benzene rings is 1. The third-order valence-corrected chi connectivity index (χ3v) is 5.14. The Morgan fingerprint density at radius 2 is 2.04 bits per heavy atom. The highest BCUT2D eigenvalue weighted by atomic mass is 32.1. The second-order valence-corrected chi connectivity index (χ2v) is 6.96. The molecule has 0 atom stereocenters. The Kier molecular flexibility index (Phi) is 6.06. The fourth-order valence-corrected chi connectivity index (χ4v) is 3.66. The van der Waals surface area contributed by atoms with Crippen molar-refractivity contribution < 1.29 is 0 Å². The Hall–Kier alpha value is -2.34. The lowest BCUT2D eigenvalue weighted by Crippen LogP contribution is -2.38. The molecule has 1 aromatic carbocycles. The first-order valence-electron chi connectivity index (χ1n) is 8.67. The van der Waals surface area contributed by atoms with Crippen LogP contribution in [0.3, 0.4) is 0 Å². The Morgan fingerprint density at radius 1 is 1.20 bits per heavy atom. The molecule has 5 nitrogen and oxygen atoms in total. The van der Waals surface area contributed by atoms with E-state index in [0.717, 1.165) is 44.0 Å². The third kappa shape index (κ3) is 4.82. The topological polar surface area (TPSA) is 65.1 Å². The zero-order chi connectivity index (χ0) is 17.5. The summed E-state index contributed by atoms with van der Waals surface area (Å²) in [6, 6.07) is 8.41. The molecule has 132 valence electrons. The third-order valence-electron chi connectivity index (χ3n) is 4.11. The Bertz CT molecular complexity index is 833. The minimum Gasteiger partial charge on any atom is -0.361 e. The highest BCUT2D eigenvalue weighted by Crippen LogP contribution is 2.17. The van der Waals surface area contributed by atoms with Crippen LogP contribution in [0.25, 0.3) is 10.9 Å². The summed E-state index contributed by atoms with van der Waals surface area (Å²) < 4.78 is 0. The van der Waals surface area contributed by atoms with Crippen molar-refractivity contribution in [2.75, 3.05) is 20.1 Å². The molecule has 2 aromatic heterocycles. The van der Waals surface area contributed by atoms with Crippen molar-refractivity contribution in [3.63, 3.8) is 0 Å². The first kappa shape index (κ1) is 17.5. The van der Waals surface area contributed by atoms with Gasteiger partial charge in [0, 0.05) is 54.7 Å². The normalized spacial score (nSPS) is 11.8. The molecule has 0 spiro atoms. The lowest BCUT2D eigenvalue weighted by Gasteiger charge is -2.11. The number of thiazole rings is 1. The summed E-state index contributed by atoms with van der Waals surface area (Å²) in [5.41, 5.74) is 3.64. The molecule has 0 aliphatic heterocycles. The summed E-state index contributed by atoms with van der Waals surface area (Å²) in [5.74, 6) is 0.857. The Labute approximate surface area is 152 Å². The number of guanidine groups is 1. The molecule has 25 heavy (non-hydrogen) atoms. The number of aromatic amines is 1. The second-order valence-electron chi connectivity index (χ2n) is 6.02. The smallest absolute Gasteiger partial charge is 0.190 e. The first-order chi connectivity index (χ1) is 12.3. The number of nitrogens with one attached hydrogen (secondary N) is 3. The summed E-state index contributed by atoms with van der Waals surface area (Å²) in [6.07, 6.45) is 5.12. The number of hydrogen-bond donors (Lipinski definition) is 3. The van der Waals surface area contributed by atoms with E-state index >= 15 is 0 Å². The van der Waals surface area contributed by atoms with Crippen molar-refractivity contribution in [3.05, 3.63) is 52.1 Å². The van der Waals surface area contributed by atoms with Crippen molar-refractivity contribution in [1.29, 1.82) is 0 Å². The summed E-state index contributed by atoms with van der Waals surface area (Å²) >= 11 is 1.74. The summed E-state index contributed by atoms with van der Waals surface area (Å²) in [5, 5.41) is 11.4. The number of aliphatic imine (C=N–C) groups is 1. The molecular weight excluding hydrogens is 330 g/mol. The van der Waals surface area contributed by atoms with Gasteiger partial charge in [0.2, 0.25) is 0 Å². The van der Waals surface area contributed by atoms with Gasteiger partial charge >= 0.3 is 0 Å². The standard InChI is InChI=1S/C19H25N5S/c1-14-13-25-18(24-14)8-5-10-21-19(20-2)22-11-9-15-12-23-17-7-4-3-6-16(15)17/h3-4,6-7,12-13,23H,5,8-11H2,1-2H3,(H2,20,21,22). The van der Waals surface area contributed by atoms with Crippen LogP contribution in [-0.2, 0) is 12.8 Å². The van der Waals surface area contributed by atoms with E-state index in [2.05, 4.69) is 61.4 Å². The SMILES string of the molecule is CN=C(NCCCc1nc(C)cs1)NCCc1c[nH]c2ccccc12. The number of hydrogen-bond acceptors (Lipinski definition) is 3. The maximum atomic E-state index is 4.49. The molecule has 0 saturated carbocycles. The molecule has 0 amide bonds. The molecule has 0 unspecified atom stereocenters. The molecule has 3 aromatic rings. The van der Waals surface area contributed by atoms with E-state index < -0.39 is 0 Å². The van der Waals surface area contributed by atoms with Crippen LogP contribution in [0.5, 0.6) is 0 Å². The molecule has 0 aliphatic carbocycles. The van der Waals surface area contributed by atoms with Crippen molar-refractivity contribution in [3.8, 4) is 0 Å². The maximum Gasteiger partial charge on any atom is 0.190 e. The van der Waals surface area contributed by atoms with Gasteiger partial charge in [-0.15, -0.1) is 11.3 Å². The van der Waals surface area contributed by atoms with Crippen LogP contribution in [0.15, 0.2) is 40.8 Å². The largest absolute Gasteiger partial charge is 0.361 e. The van der Waals surface area contributed by atoms with E-state index in [1.54, 1.807) is 11.3 Å². The van der Waals surface area contributed by atoms with Gasteiger partial charge < -0.3 is 15.6 Å². The molecule has 2 heterocycles.